The molecule has 1 saturated heterocycles. The summed E-state index contributed by atoms with van der Waals surface area (Å²) in [5.41, 5.74) is -0.672. The number of nitrogens with one attached hydrogen (secondary N) is 1. The van der Waals surface area contributed by atoms with Crippen molar-refractivity contribution in [2.45, 2.75) is 26.2 Å². The third-order valence-electron chi connectivity index (χ3n) is 3.43. The first-order valence-corrected chi connectivity index (χ1v) is 4.95. The molecule has 3 heteroatoms. The Hall–Kier alpha value is -1.04. The molecule has 1 aliphatic carbocycles. The Kier molecular flexibility index (Phi) is 1.80. The minimum Gasteiger partial charge on any atom is -0.354 e. The van der Waals surface area contributed by atoms with E-state index in [-0.39, 0.29) is 11.8 Å². The van der Waals surface area contributed by atoms with E-state index in [0.29, 0.717) is 12.5 Å². The maximum absolute atomic E-state index is 11.6. The largest absolute Gasteiger partial charge is 0.354 e. The average molecular weight is 178 g/mol. The van der Waals surface area contributed by atoms with Crippen LogP contribution in [-0.4, -0.2) is 12.5 Å². The molecule has 0 aromatic rings. The quantitative estimate of drug-likeness (QED) is 0.687. The molecule has 2 rings (SSSR count). The SMILES string of the molecule is CC[C@@H]1CNC(=O)[C@]1(C#N)C1CC1. The zero-order chi connectivity index (χ0) is 9.47. The highest BCUT2D eigenvalue weighted by molar-refractivity contribution is 5.88. The van der Waals surface area contributed by atoms with Crippen LogP contribution in [0.5, 0.6) is 0 Å². The van der Waals surface area contributed by atoms with Crippen LogP contribution >= 0.6 is 0 Å². The van der Waals surface area contributed by atoms with E-state index in [0.717, 1.165) is 19.3 Å². The molecule has 2 atom stereocenters. The number of amides is 1. The van der Waals surface area contributed by atoms with Crippen LogP contribution in [0.15, 0.2) is 0 Å². The van der Waals surface area contributed by atoms with E-state index in [2.05, 4.69) is 18.3 Å². The van der Waals surface area contributed by atoms with Gasteiger partial charge in [-0.25, -0.2) is 0 Å². The smallest absolute Gasteiger partial charge is 0.241 e. The summed E-state index contributed by atoms with van der Waals surface area (Å²) >= 11 is 0. The molecular weight excluding hydrogens is 164 g/mol. The lowest BCUT2D eigenvalue weighted by Crippen LogP contribution is -2.35. The monoisotopic (exact) mass is 178 g/mol. The fourth-order valence-electron chi connectivity index (χ4n) is 2.47. The van der Waals surface area contributed by atoms with Gasteiger partial charge in [-0.2, -0.15) is 5.26 Å². The van der Waals surface area contributed by atoms with Crippen LogP contribution in [0.25, 0.3) is 0 Å². The Bertz CT molecular complexity index is 277. The molecule has 0 radical (unpaired) electrons. The standard InChI is InChI=1S/C10H14N2O/c1-2-7-5-12-9(13)10(7,6-11)8-3-4-8/h7-8H,2-5H2,1H3,(H,12,13)/t7-,10+/m1/s1. The van der Waals surface area contributed by atoms with Gasteiger partial charge in [-0.1, -0.05) is 6.92 Å². The first kappa shape index (κ1) is 8.55. The molecular formula is C10H14N2O. The molecule has 2 fully saturated rings. The Morgan fingerprint density at radius 3 is 2.85 bits per heavy atom. The van der Waals surface area contributed by atoms with Crippen LogP contribution < -0.4 is 5.32 Å². The molecule has 2 aliphatic rings. The van der Waals surface area contributed by atoms with Gasteiger partial charge in [0, 0.05) is 12.5 Å². The van der Waals surface area contributed by atoms with E-state index in [1.54, 1.807) is 0 Å². The fraction of sp³-hybridized carbons (Fsp3) is 0.800. The second-order valence-corrected chi connectivity index (χ2v) is 4.07. The highest BCUT2D eigenvalue weighted by Crippen LogP contribution is 2.52. The van der Waals surface area contributed by atoms with E-state index in [1.165, 1.54) is 0 Å². The van der Waals surface area contributed by atoms with Crippen molar-refractivity contribution >= 4 is 5.91 Å². The molecule has 0 aromatic heterocycles. The second kappa shape index (κ2) is 2.73. The zero-order valence-corrected chi connectivity index (χ0v) is 7.84. The number of rotatable bonds is 2. The van der Waals surface area contributed by atoms with Crippen molar-refractivity contribution in [2.24, 2.45) is 17.3 Å². The van der Waals surface area contributed by atoms with Gasteiger partial charge < -0.3 is 5.32 Å². The molecule has 1 heterocycles. The molecule has 0 unspecified atom stereocenters. The van der Waals surface area contributed by atoms with Gasteiger partial charge in [-0.15, -0.1) is 0 Å². The average Bonchev–Trinajstić information content (AvgIpc) is 2.92. The topological polar surface area (TPSA) is 52.9 Å². The van der Waals surface area contributed by atoms with Crippen LogP contribution in [0, 0.1) is 28.6 Å². The minimum atomic E-state index is -0.672. The second-order valence-electron chi connectivity index (χ2n) is 4.07. The molecule has 0 spiro atoms. The molecule has 0 aromatic carbocycles. The predicted molar refractivity (Wildman–Crippen MR) is 47.6 cm³/mol. The van der Waals surface area contributed by atoms with Crippen LogP contribution in [0.2, 0.25) is 0 Å². The van der Waals surface area contributed by atoms with Gasteiger partial charge in [0.15, 0.2) is 0 Å². The number of nitriles is 1. The number of carbonyl (C=O) groups is 1. The first-order chi connectivity index (χ1) is 6.25. The molecule has 3 nitrogen and oxygen atoms in total. The molecule has 0 bridgehead atoms. The van der Waals surface area contributed by atoms with Gasteiger partial charge in [0.25, 0.3) is 0 Å². The van der Waals surface area contributed by atoms with E-state index in [1.807, 2.05) is 0 Å². The summed E-state index contributed by atoms with van der Waals surface area (Å²) in [6, 6.07) is 2.28. The van der Waals surface area contributed by atoms with Crippen molar-refractivity contribution in [3.8, 4) is 6.07 Å². The maximum Gasteiger partial charge on any atom is 0.241 e. The highest BCUT2D eigenvalue weighted by Gasteiger charge is 2.58. The summed E-state index contributed by atoms with van der Waals surface area (Å²) < 4.78 is 0. The van der Waals surface area contributed by atoms with Crippen molar-refractivity contribution < 1.29 is 4.79 Å². The van der Waals surface area contributed by atoms with Gasteiger partial charge in [0.2, 0.25) is 5.91 Å². The van der Waals surface area contributed by atoms with Gasteiger partial charge in [-0.05, 0) is 25.2 Å². The van der Waals surface area contributed by atoms with Crippen molar-refractivity contribution in [1.82, 2.24) is 5.32 Å². The Morgan fingerprint density at radius 1 is 1.69 bits per heavy atom. The van der Waals surface area contributed by atoms with Crippen LogP contribution in [0.3, 0.4) is 0 Å². The third kappa shape index (κ3) is 0.980. The summed E-state index contributed by atoms with van der Waals surface area (Å²) in [4.78, 5) is 11.6. The van der Waals surface area contributed by atoms with Crippen molar-refractivity contribution in [3.63, 3.8) is 0 Å². The van der Waals surface area contributed by atoms with Gasteiger partial charge in [-0.3, -0.25) is 4.79 Å². The lowest BCUT2D eigenvalue weighted by molar-refractivity contribution is -0.127. The Morgan fingerprint density at radius 2 is 2.38 bits per heavy atom. The van der Waals surface area contributed by atoms with Crippen molar-refractivity contribution in [2.75, 3.05) is 6.54 Å². The molecule has 1 N–H and O–H groups in total. The van der Waals surface area contributed by atoms with Crippen molar-refractivity contribution in [3.05, 3.63) is 0 Å². The maximum atomic E-state index is 11.6. The molecule has 1 saturated carbocycles. The van der Waals surface area contributed by atoms with E-state index in [4.69, 9.17) is 0 Å². The van der Waals surface area contributed by atoms with Gasteiger partial charge >= 0.3 is 0 Å². The number of nitrogens with zero attached hydrogens (tertiary/aromatic N) is 1. The summed E-state index contributed by atoms with van der Waals surface area (Å²) in [6.07, 6.45) is 3.03. The molecule has 1 aliphatic heterocycles. The molecule has 70 valence electrons. The summed E-state index contributed by atoms with van der Waals surface area (Å²) in [5.74, 6) is 0.548. The van der Waals surface area contributed by atoms with E-state index >= 15 is 0 Å². The Balaban J connectivity index is 2.33. The normalized spacial score (nSPS) is 38.5. The first-order valence-electron chi connectivity index (χ1n) is 4.95. The molecule has 13 heavy (non-hydrogen) atoms. The van der Waals surface area contributed by atoms with Crippen LogP contribution in [0.1, 0.15) is 26.2 Å². The van der Waals surface area contributed by atoms with Crippen molar-refractivity contribution in [1.29, 1.82) is 5.26 Å². The van der Waals surface area contributed by atoms with Gasteiger partial charge in [0.05, 0.1) is 6.07 Å². The van der Waals surface area contributed by atoms with Crippen LogP contribution in [-0.2, 0) is 4.79 Å². The Labute approximate surface area is 78.1 Å². The van der Waals surface area contributed by atoms with E-state index in [9.17, 15) is 10.1 Å². The summed E-state index contributed by atoms with van der Waals surface area (Å²) in [6.45, 7) is 2.75. The summed E-state index contributed by atoms with van der Waals surface area (Å²) in [5, 5.41) is 12.0. The highest BCUT2D eigenvalue weighted by atomic mass is 16.2. The lowest BCUT2D eigenvalue weighted by Gasteiger charge is -2.23. The zero-order valence-electron chi connectivity index (χ0n) is 7.84. The minimum absolute atomic E-state index is 0.0237. The summed E-state index contributed by atoms with van der Waals surface area (Å²) in [7, 11) is 0. The number of hydrogen-bond acceptors (Lipinski definition) is 2. The predicted octanol–water partition coefficient (Wildman–Crippen LogP) is 1.06. The number of hydrogen-bond donors (Lipinski definition) is 1. The van der Waals surface area contributed by atoms with E-state index < -0.39 is 5.41 Å². The third-order valence-corrected chi connectivity index (χ3v) is 3.43. The lowest BCUT2D eigenvalue weighted by atomic mass is 9.73. The van der Waals surface area contributed by atoms with Crippen LogP contribution in [0.4, 0.5) is 0 Å². The fourth-order valence-corrected chi connectivity index (χ4v) is 2.47. The van der Waals surface area contributed by atoms with Gasteiger partial charge in [0.1, 0.15) is 5.41 Å². The molecule has 1 amide bonds. The number of carbonyl (C=O) groups excluding carboxylic acids is 1.